The van der Waals surface area contributed by atoms with E-state index in [1.54, 1.807) is 6.07 Å². The summed E-state index contributed by atoms with van der Waals surface area (Å²) in [7, 11) is 1.32. The number of pyridine rings is 1. The van der Waals surface area contributed by atoms with Gasteiger partial charge in [0.1, 0.15) is 11.4 Å². The number of ether oxygens (including phenoxy) is 1. The van der Waals surface area contributed by atoms with Crippen LogP contribution in [-0.2, 0) is 4.74 Å². The van der Waals surface area contributed by atoms with Gasteiger partial charge < -0.3 is 9.64 Å². The third-order valence-electron chi connectivity index (χ3n) is 4.84. The molecule has 1 saturated heterocycles. The average molecular weight is 324 g/mol. The van der Waals surface area contributed by atoms with Crippen LogP contribution in [0.2, 0.25) is 0 Å². The molecule has 126 valence electrons. The number of carbonyl (C=O) groups excluding carboxylic acids is 1. The molecular formula is C17H22F2N2O2. The van der Waals surface area contributed by atoms with Crippen molar-refractivity contribution < 1.29 is 18.3 Å². The summed E-state index contributed by atoms with van der Waals surface area (Å²) in [5, 5.41) is 0. The fraction of sp³-hybridized carbons (Fsp3) is 0.647. The normalized spacial score (nSPS) is 21.4. The van der Waals surface area contributed by atoms with E-state index >= 15 is 0 Å². The predicted octanol–water partition coefficient (Wildman–Crippen LogP) is 3.76. The largest absolute Gasteiger partial charge is 0.465 e. The number of anilines is 1. The van der Waals surface area contributed by atoms with E-state index in [4.69, 9.17) is 4.74 Å². The molecule has 2 heterocycles. The highest BCUT2D eigenvalue weighted by molar-refractivity contribution is 5.94. The van der Waals surface area contributed by atoms with Gasteiger partial charge in [-0.25, -0.2) is 18.6 Å². The standard InChI is InChI=1S/C17H22F2N2O2/c1-23-16(22)13-6-7-14(12-4-2-5-12)20-15(13)21-10-3-8-17(18,19)9-11-21/h6-7,12H,2-5,8-11H2,1H3. The maximum absolute atomic E-state index is 13.6. The molecule has 1 aliphatic heterocycles. The van der Waals surface area contributed by atoms with Crippen LogP contribution in [0.15, 0.2) is 12.1 Å². The molecule has 4 nitrogen and oxygen atoms in total. The summed E-state index contributed by atoms with van der Waals surface area (Å²) in [5.41, 5.74) is 1.32. The molecule has 0 spiro atoms. The topological polar surface area (TPSA) is 42.4 Å². The molecule has 0 bridgehead atoms. The number of hydrogen-bond donors (Lipinski definition) is 0. The van der Waals surface area contributed by atoms with Gasteiger partial charge in [0, 0.05) is 37.5 Å². The van der Waals surface area contributed by atoms with Crippen molar-refractivity contribution in [3.05, 3.63) is 23.4 Å². The van der Waals surface area contributed by atoms with Gasteiger partial charge in [-0.2, -0.15) is 0 Å². The number of methoxy groups -OCH3 is 1. The summed E-state index contributed by atoms with van der Waals surface area (Å²) in [5.74, 6) is -2.18. The molecule has 1 saturated carbocycles. The first-order valence-corrected chi connectivity index (χ1v) is 8.22. The number of halogens is 2. The van der Waals surface area contributed by atoms with Crippen LogP contribution in [0.3, 0.4) is 0 Å². The number of esters is 1. The van der Waals surface area contributed by atoms with E-state index in [1.165, 1.54) is 13.5 Å². The van der Waals surface area contributed by atoms with E-state index in [2.05, 4.69) is 4.98 Å². The molecule has 1 aromatic heterocycles. The van der Waals surface area contributed by atoms with E-state index in [0.717, 1.165) is 18.5 Å². The Hall–Kier alpha value is -1.72. The van der Waals surface area contributed by atoms with Crippen LogP contribution in [0.25, 0.3) is 0 Å². The molecule has 0 radical (unpaired) electrons. The van der Waals surface area contributed by atoms with Gasteiger partial charge in [-0.3, -0.25) is 0 Å². The van der Waals surface area contributed by atoms with Gasteiger partial charge in [-0.15, -0.1) is 0 Å². The lowest BCUT2D eigenvalue weighted by atomic mass is 9.82. The van der Waals surface area contributed by atoms with E-state index < -0.39 is 11.9 Å². The summed E-state index contributed by atoms with van der Waals surface area (Å²) in [6.07, 6.45) is 3.46. The Morgan fingerprint density at radius 2 is 2.04 bits per heavy atom. The number of aromatic nitrogens is 1. The lowest BCUT2D eigenvalue weighted by Gasteiger charge is -2.28. The third-order valence-corrected chi connectivity index (χ3v) is 4.84. The first-order chi connectivity index (χ1) is 11.0. The highest BCUT2D eigenvalue weighted by Gasteiger charge is 2.33. The summed E-state index contributed by atoms with van der Waals surface area (Å²) >= 11 is 0. The van der Waals surface area contributed by atoms with Crippen molar-refractivity contribution in [1.82, 2.24) is 4.98 Å². The minimum atomic E-state index is -2.63. The number of rotatable bonds is 3. The molecule has 0 amide bonds. The van der Waals surface area contributed by atoms with Crippen molar-refractivity contribution in [2.24, 2.45) is 0 Å². The van der Waals surface area contributed by atoms with Crippen molar-refractivity contribution in [2.75, 3.05) is 25.1 Å². The Labute approximate surface area is 134 Å². The average Bonchev–Trinajstić information content (AvgIpc) is 2.65. The second-order valence-corrected chi connectivity index (χ2v) is 6.42. The molecule has 1 aliphatic carbocycles. The summed E-state index contributed by atoms with van der Waals surface area (Å²) < 4.78 is 32.0. The molecule has 0 unspecified atom stereocenters. The Kier molecular flexibility index (Phi) is 4.50. The van der Waals surface area contributed by atoms with Crippen LogP contribution in [-0.4, -0.2) is 37.1 Å². The number of alkyl halides is 2. The number of nitrogens with zero attached hydrogens (tertiary/aromatic N) is 2. The third kappa shape index (κ3) is 3.46. The molecule has 23 heavy (non-hydrogen) atoms. The highest BCUT2D eigenvalue weighted by Crippen LogP contribution is 2.37. The van der Waals surface area contributed by atoms with Crippen LogP contribution in [0.4, 0.5) is 14.6 Å². The molecule has 3 rings (SSSR count). The minimum Gasteiger partial charge on any atom is -0.465 e. The van der Waals surface area contributed by atoms with E-state index in [-0.39, 0.29) is 19.4 Å². The molecule has 0 N–H and O–H groups in total. The summed E-state index contributed by atoms with van der Waals surface area (Å²) in [4.78, 5) is 18.5. The number of hydrogen-bond acceptors (Lipinski definition) is 4. The first kappa shape index (κ1) is 16.1. The van der Waals surface area contributed by atoms with Crippen molar-refractivity contribution in [2.45, 2.75) is 50.4 Å². The zero-order chi connectivity index (χ0) is 16.4. The van der Waals surface area contributed by atoms with Crippen molar-refractivity contribution in [3.63, 3.8) is 0 Å². The molecule has 1 aromatic rings. The minimum absolute atomic E-state index is 0.112. The quantitative estimate of drug-likeness (QED) is 0.794. The fourth-order valence-corrected chi connectivity index (χ4v) is 3.18. The summed E-state index contributed by atoms with van der Waals surface area (Å²) in [6.45, 7) is 0.693. The van der Waals surface area contributed by atoms with Crippen LogP contribution in [0, 0.1) is 0 Å². The lowest BCUT2D eigenvalue weighted by Crippen LogP contribution is -2.29. The van der Waals surface area contributed by atoms with Crippen LogP contribution in [0.1, 0.15) is 60.5 Å². The van der Waals surface area contributed by atoms with Gasteiger partial charge in [0.2, 0.25) is 5.92 Å². The Bertz CT molecular complexity index is 588. The van der Waals surface area contributed by atoms with Crippen LogP contribution < -0.4 is 4.90 Å². The van der Waals surface area contributed by atoms with Crippen LogP contribution in [0.5, 0.6) is 0 Å². The van der Waals surface area contributed by atoms with Gasteiger partial charge in [-0.05, 0) is 31.4 Å². The van der Waals surface area contributed by atoms with Crippen molar-refractivity contribution in [1.29, 1.82) is 0 Å². The Morgan fingerprint density at radius 3 is 2.70 bits per heavy atom. The second kappa shape index (κ2) is 6.42. The lowest BCUT2D eigenvalue weighted by molar-refractivity contribution is -0.0102. The Balaban J connectivity index is 1.91. The van der Waals surface area contributed by atoms with E-state index in [9.17, 15) is 13.6 Å². The van der Waals surface area contributed by atoms with Gasteiger partial charge in [0.25, 0.3) is 0 Å². The Morgan fingerprint density at radius 1 is 1.26 bits per heavy atom. The SMILES string of the molecule is COC(=O)c1ccc(C2CCC2)nc1N1CCCC(F)(F)CC1. The molecule has 0 aromatic carbocycles. The van der Waals surface area contributed by atoms with E-state index in [0.29, 0.717) is 30.3 Å². The van der Waals surface area contributed by atoms with Crippen molar-refractivity contribution in [3.8, 4) is 0 Å². The monoisotopic (exact) mass is 324 g/mol. The predicted molar refractivity (Wildman–Crippen MR) is 83.2 cm³/mol. The smallest absolute Gasteiger partial charge is 0.341 e. The molecule has 2 aliphatic rings. The zero-order valence-corrected chi connectivity index (χ0v) is 13.4. The molecular weight excluding hydrogens is 302 g/mol. The van der Waals surface area contributed by atoms with Gasteiger partial charge in [0.05, 0.1) is 7.11 Å². The highest BCUT2D eigenvalue weighted by atomic mass is 19.3. The summed E-state index contributed by atoms with van der Waals surface area (Å²) in [6, 6.07) is 3.59. The zero-order valence-electron chi connectivity index (χ0n) is 13.4. The van der Waals surface area contributed by atoms with Crippen LogP contribution >= 0.6 is 0 Å². The number of carbonyl (C=O) groups is 1. The molecule has 2 fully saturated rings. The fourth-order valence-electron chi connectivity index (χ4n) is 3.18. The second-order valence-electron chi connectivity index (χ2n) is 6.42. The molecule has 0 atom stereocenters. The van der Waals surface area contributed by atoms with Gasteiger partial charge in [-0.1, -0.05) is 6.42 Å². The van der Waals surface area contributed by atoms with E-state index in [1.807, 2.05) is 11.0 Å². The van der Waals surface area contributed by atoms with Gasteiger partial charge >= 0.3 is 5.97 Å². The van der Waals surface area contributed by atoms with Gasteiger partial charge in [0.15, 0.2) is 0 Å². The first-order valence-electron chi connectivity index (χ1n) is 8.22. The molecule has 6 heteroatoms. The van der Waals surface area contributed by atoms with Crippen molar-refractivity contribution >= 4 is 11.8 Å². The maximum Gasteiger partial charge on any atom is 0.341 e. The maximum atomic E-state index is 13.6.